The van der Waals surface area contributed by atoms with Crippen LogP contribution in [0.15, 0.2) is 18.2 Å². The van der Waals surface area contributed by atoms with E-state index in [2.05, 4.69) is 10.6 Å². The number of anilines is 1. The van der Waals surface area contributed by atoms with Crippen LogP contribution >= 0.6 is 11.6 Å². The number of esters is 1. The van der Waals surface area contributed by atoms with Crippen LogP contribution in [0, 0.1) is 6.92 Å². The van der Waals surface area contributed by atoms with Crippen LogP contribution < -0.4 is 10.6 Å². The van der Waals surface area contributed by atoms with E-state index in [1.54, 1.807) is 17.0 Å². The minimum absolute atomic E-state index is 0.00506. The molecule has 1 aromatic carbocycles. The second kappa shape index (κ2) is 9.54. The van der Waals surface area contributed by atoms with Crippen LogP contribution in [0.2, 0.25) is 5.02 Å². The molecule has 0 bridgehead atoms. The minimum Gasteiger partial charge on any atom is -0.466 e. The smallest absolute Gasteiger partial charge is 0.307 e. The van der Waals surface area contributed by atoms with E-state index in [0.717, 1.165) is 5.56 Å². The van der Waals surface area contributed by atoms with Crippen molar-refractivity contribution in [1.29, 1.82) is 0 Å². The molecule has 7 nitrogen and oxygen atoms in total. The highest BCUT2D eigenvalue weighted by Crippen LogP contribution is 2.20. The summed E-state index contributed by atoms with van der Waals surface area (Å²) in [6.07, 6.45) is 0.642. The number of ether oxygens (including phenoxy) is 1. The van der Waals surface area contributed by atoms with Crippen molar-refractivity contribution in [2.24, 2.45) is 0 Å². The molecule has 2 N–H and O–H groups in total. The third-order valence-corrected chi connectivity index (χ3v) is 4.32. The zero-order chi connectivity index (χ0) is 19.1. The van der Waals surface area contributed by atoms with Crippen LogP contribution in [0.5, 0.6) is 0 Å². The Balaban J connectivity index is 1.99. The Kier molecular flexibility index (Phi) is 7.41. The third-order valence-electron chi connectivity index (χ3n) is 4.09. The molecule has 0 spiro atoms. The molecule has 1 heterocycles. The van der Waals surface area contributed by atoms with E-state index >= 15 is 0 Å². The standard InChI is InChI=1S/C18H24ClN3O4/c1-3-8-26-17(24)10-15-18(25)20-6-7-22(15)11-16(23)21-14-9-13(19)5-4-12(14)2/h4-5,9,15H,3,6-8,10-11H2,1-2H3,(H,20,25)(H,21,23). The van der Waals surface area contributed by atoms with Crippen LogP contribution in [-0.4, -0.2) is 55.0 Å². The molecule has 26 heavy (non-hydrogen) atoms. The molecule has 1 saturated heterocycles. The zero-order valence-corrected chi connectivity index (χ0v) is 15.8. The number of halogens is 1. The Morgan fingerprint density at radius 3 is 2.92 bits per heavy atom. The molecule has 1 aliphatic rings. The Morgan fingerprint density at radius 2 is 2.19 bits per heavy atom. The fourth-order valence-corrected chi connectivity index (χ4v) is 2.88. The van der Waals surface area contributed by atoms with Crippen LogP contribution in [0.25, 0.3) is 0 Å². The second-order valence-corrected chi connectivity index (χ2v) is 6.65. The van der Waals surface area contributed by atoms with Crippen molar-refractivity contribution in [3.8, 4) is 0 Å². The van der Waals surface area contributed by atoms with E-state index in [9.17, 15) is 14.4 Å². The maximum absolute atomic E-state index is 12.4. The normalized spacial score (nSPS) is 17.5. The fourth-order valence-electron chi connectivity index (χ4n) is 2.71. The number of benzene rings is 1. The summed E-state index contributed by atoms with van der Waals surface area (Å²) in [5.41, 5.74) is 1.52. The van der Waals surface area contributed by atoms with Crippen molar-refractivity contribution in [3.05, 3.63) is 28.8 Å². The summed E-state index contributed by atoms with van der Waals surface area (Å²) in [6.45, 7) is 5.01. The zero-order valence-electron chi connectivity index (χ0n) is 15.0. The highest BCUT2D eigenvalue weighted by molar-refractivity contribution is 6.31. The average Bonchev–Trinajstić information content (AvgIpc) is 2.59. The van der Waals surface area contributed by atoms with Crippen molar-refractivity contribution in [2.45, 2.75) is 32.7 Å². The first-order valence-electron chi connectivity index (χ1n) is 8.64. The number of hydrogen-bond acceptors (Lipinski definition) is 5. The number of nitrogens with zero attached hydrogens (tertiary/aromatic N) is 1. The largest absolute Gasteiger partial charge is 0.466 e. The van der Waals surface area contributed by atoms with E-state index in [1.807, 2.05) is 19.9 Å². The summed E-state index contributed by atoms with van der Waals surface area (Å²) < 4.78 is 5.06. The molecule has 0 saturated carbocycles. The maximum Gasteiger partial charge on any atom is 0.307 e. The molecule has 0 radical (unpaired) electrons. The summed E-state index contributed by atoms with van der Waals surface area (Å²) >= 11 is 5.97. The highest BCUT2D eigenvalue weighted by Gasteiger charge is 2.33. The second-order valence-electron chi connectivity index (χ2n) is 6.21. The van der Waals surface area contributed by atoms with E-state index in [0.29, 0.717) is 36.8 Å². The van der Waals surface area contributed by atoms with Crippen LogP contribution in [0.4, 0.5) is 5.69 Å². The lowest BCUT2D eigenvalue weighted by atomic mass is 10.1. The number of aryl methyl sites for hydroxylation is 1. The van der Waals surface area contributed by atoms with Crippen LogP contribution in [-0.2, 0) is 19.1 Å². The third kappa shape index (κ3) is 5.71. The fraction of sp³-hybridized carbons (Fsp3) is 0.500. The van der Waals surface area contributed by atoms with Gasteiger partial charge in [-0.05, 0) is 31.0 Å². The van der Waals surface area contributed by atoms with Crippen LogP contribution in [0.1, 0.15) is 25.3 Å². The number of nitrogens with one attached hydrogen (secondary N) is 2. The average molecular weight is 382 g/mol. The molecule has 142 valence electrons. The molecule has 1 unspecified atom stereocenters. The Hall–Kier alpha value is -2.12. The Bertz CT molecular complexity index is 680. The molecule has 0 aromatic heterocycles. The van der Waals surface area contributed by atoms with Crippen molar-refractivity contribution in [2.75, 3.05) is 31.6 Å². The van der Waals surface area contributed by atoms with Gasteiger partial charge in [0.2, 0.25) is 11.8 Å². The molecule has 8 heteroatoms. The van der Waals surface area contributed by atoms with Gasteiger partial charge in [0.15, 0.2) is 0 Å². The molecular weight excluding hydrogens is 358 g/mol. The van der Waals surface area contributed by atoms with Gasteiger partial charge in [0.25, 0.3) is 0 Å². The molecule has 1 fully saturated rings. The van der Waals surface area contributed by atoms with E-state index in [4.69, 9.17) is 16.3 Å². The molecule has 2 rings (SSSR count). The predicted molar refractivity (Wildman–Crippen MR) is 99.1 cm³/mol. The lowest BCUT2D eigenvalue weighted by Crippen LogP contribution is -2.57. The van der Waals surface area contributed by atoms with Gasteiger partial charge in [-0.1, -0.05) is 24.6 Å². The van der Waals surface area contributed by atoms with Crippen molar-refractivity contribution >= 4 is 35.1 Å². The van der Waals surface area contributed by atoms with Crippen molar-refractivity contribution < 1.29 is 19.1 Å². The molecule has 1 aromatic rings. The molecule has 1 atom stereocenters. The van der Waals surface area contributed by atoms with Gasteiger partial charge in [0.1, 0.15) is 6.04 Å². The minimum atomic E-state index is -0.709. The first kappa shape index (κ1) is 20.2. The summed E-state index contributed by atoms with van der Waals surface area (Å²) in [4.78, 5) is 38.1. The summed E-state index contributed by atoms with van der Waals surface area (Å²) in [6, 6.07) is 4.54. The first-order chi connectivity index (χ1) is 12.4. The summed E-state index contributed by atoms with van der Waals surface area (Å²) in [5, 5.41) is 6.06. The number of hydrogen-bond donors (Lipinski definition) is 2. The van der Waals surface area contributed by atoms with E-state index in [-0.39, 0.29) is 24.8 Å². The lowest BCUT2D eigenvalue weighted by molar-refractivity contribution is -0.148. The molecule has 1 aliphatic heterocycles. The number of rotatable bonds is 7. The highest BCUT2D eigenvalue weighted by atomic mass is 35.5. The van der Waals surface area contributed by atoms with Gasteiger partial charge >= 0.3 is 5.97 Å². The van der Waals surface area contributed by atoms with E-state index < -0.39 is 12.0 Å². The maximum atomic E-state index is 12.4. The monoisotopic (exact) mass is 381 g/mol. The Labute approximate surface area is 158 Å². The van der Waals surface area contributed by atoms with Crippen LogP contribution in [0.3, 0.4) is 0 Å². The van der Waals surface area contributed by atoms with Gasteiger partial charge in [-0.25, -0.2) is 0 Å². The van der Waals surface area contributed by atoms with Gasteiger partial charge in [-0.3, -0.25) is 19.3 Å². The number of carbonyl (C=O) groups excluding carboxylic acids is 3. The van der Waals surface area contributed by atoms with Crippen molar-refractivity contribution in [3.63, 3.8) is 0 Å². The van der Waals surface area contributed by atoms with Gasteiger partial charge in [-0.2, -0.15) is 0 Å². The van der Waals surface area contributed by atoms with Gasteiger partial charge in [-0.15, -0.1) is 0 Å². The topological polar surface area (TPSA) is 87.7 Å². The van der Waals surface area contributed by atoms with E-state index in [1.165, 1.54) is 0 Å². The predicted octanol–water partition coefficient (Wildman–Crippen LogP) is 1.73. The number of piperazine rings is 1. The van der Waals surface area contributed by atoms with Gasteiger partial charge in [0.05, 0.1) is 19.6 Å². The lowest BCUT2D eigenvalue weighted by Gasteiger charge is -2.33. The SMILES string of the molecule is CCCOC(=O)CC1C(=O)NCCN1CC(=O)Nc1cc(Cl)ccc1C. The Morgan fingerprint density at radius 1 is 1.42 bits per heavy atom. The molecule has 0 aliphatic carbocycles. The first-order valence-corrected chi connectivity index (χ1v) is 9.02. The number of amides is 2. The molecule has 2 amide bonds. The van der Waals surface area contributed by atoms with Gasteiger partial charge < -0.3 is 15.4 Å². The summed E-state index contributed by atoms with van der Waals surface area (Å²) in [7, 11) is 0. The molecular formula is C18H24ClN3O4. The van der Waals surface area contributed by atoms with Crippen molar-refractivity contribution in [1.82, 2.24) is 10.2 Å². The number of carbonyl (C=O) groups is 3. The summed E-state index contributed by atoms with van der Waals surface area (Å²) in [5.74, 6) is -0.974. The quantitative estimate of drug-likeness (QED) is 0.702. The van der Waals surface area contributed by atoms with Gasteiger partial charge in [0, 0.05) is 23.8 Å².